The highest BCUT2D eigenvalue weighted by Crippen LogP contribution is 2.29. The van der Waals surface area contributed by atoms with Crippen LogP contribution >= 0.6 is 0 Å². The Labute approximate surface area is 135 Å². The molecule has 0 aliphatic carbocycles. The van der Waals surface area contributed by atoms with E-state index in [1.165, 1.54) is 0 Å². The maximum Gasteiger partial charge on any atom is 0.339 e. The third-order valence-electron chi connectivity index (χ3n) is 4.16. The molecular formula is C19H19NO3. The van der Waals surface area contributed by atoms with Gasteiger partial charge in [0.2, 0.25) is 0 Å². The zero-order chi connectivity index (χ0) is 16.4. The molecule has 23 heavy (non-hydrogen) atoms. The summed E-state index contributed by atoms with van der Waals surface area (Å²) in [5.41, 5.74) is 2.02. The molecule has 1 heterocycles. The Bertz CT molecular complexity index is 769. The van der Waals surface area contributed by atoms with Gasteiger partial charge in [0.1, 0.15) is 0 Å². The summed E-state index contributed by atoms with van der Waals surface area (Å²) in [5.74, 6) is -0.764. The van der Waals surface area contributed by atoms with Crippen LogP contribution in [0.1, 0.15) is 35.3 Å². The van der Waals surface area contributed by atoms with Gasteiger partial charge in [-0.2, -0.15) is 0 Å². The van der Waals surface area contributed by atoms with E-state index in [9.17, 15) is 9.59 Å². The molecule has 0 fully saturated rings. The average molecular weight is 309 g/mol. The number of cyclic esters (lactones) is 1. The average Bonchev–Trinajstić information content (AvgIpc) is 2.55. The van der Waals surface area contributed by atoms with Crippen molar-refractivity contribution in [2.45, 2.75) is 32.3 Å². The molecule has 0 radical (unpaired) electrons. The highest BCUT2D eigenvalue weighted by atomic mass is 16.6. The first-order valence-corrected chi connectivity index (χ1v) is 7.73. The summed E-state index contributed by atoms with van der Waals surface area (Å²) < 4.78 is 5.44. The van der Waals surface area contributed by atoms with Gasteiger partial charge < -0.3 is 10.1 Å². The molecule has 1 amide bonds. The van der Waals surface area contributed by atoms with Gasteiger partial charge in [-0.15, -0.1) is 0 Å². The van der Waals surface area contributed by atoms with Gasteiger partial charge >= 0.3 is 5.97 Å². The first kappa shape index (κ1) is 15.3. The van der Waals surface area contributed by atoms with Crippen LogP contribution in [-0.4, -0.2) is 17.5 Å². The van der Waals surface area contributed by atoms with Crippen LogP contribution in [-0.2, 0) is 22.4 Å². The summed E-state index contributed by atoms with van der Waals surface area (Å²) in [5, 5.41) is 2.86. The highest BCUT2D eigenvalue weighted by Gasteiger charge is 2.42. The monoisotopic (exact) mass is 309 g/mol. The largest absolute Gasteiger partial charge is 0.445 e. The minimum atomic E-state index is -1.20. The molecule has 1 atom stereocenters. The van der Waals surface area contributed by atoms with Crippen LogP contribution in [0, 0.1) is 0 Å². The lowest BCUT2D eigenvalue weighted by atomic mass is 9.89. The second-order valence-corrected chi connectivity index (χ2v) is 5.96. The van der Waals surface area contributed by atoms with Crippen LogP contribution in [0.25, 0.3) is 0 Å². The second kappa shape index (κ2) is 5.88. The molecule has 0 bridgehead atoms. The number of hydrogen-bond donors (Lipinski definition) is 1. The van der Waals surface area contributed by atoms with Crippen molar-refractivity contribution in [3.05, 3.63) is 65.2 Å². The molecule has 4 nitrogen and oxygen atoms in total. The smallest absolute Gasteiger partial charge is 0.339 e. The van der Waals surface area contributed by atoms with E-state index >= 15 is 0 Å². The molecule has 2 aromatic rings. The van der Waals surface area contributed by atoms with Crippen LogP contribution in [0.4, 0.5) is 5.69 Å². The summed E-state index contributed by atoms with van der Waals surface area (Å²) in [6.07, 6.45) is 1.26. The first-order valence-electron chi connectivity index (χ1n) is 7.73. The molecule has 1 aliphatic heterocycles. The van der Waals surface area contributed by atoms with E-state index < -0.39 is 11.6 Å². The SMILES string of the molecule is CCc1cccc(NC(=O)[C@@]2(C)Cc3ccccc3C(=O)O2)c1. The van der Waals surface area contributed by atoms with E-state index in [2.05, 4.69) is 12.2 Å². The van der Waals surface area contributed by atoms with E-state index in [4.69, 9.17) is 4.74 Å². The standard InChI is InChI=1S/C19H19NO3/c1-3-13-7-6-9-15(11-13)20-18(22)19(2)12-14-8-4-5-10-16(14)17(21)23-19/h4-11H,3,12H2,1-2H3,(H,20,22)/t19-/m1/s1. The van der Waals surface area contributed by atoms with E-state index in [0.717, 1.165) is 17.5 Å². The molecule has 1 aliphatic rings. The summed E-state index contributed by atoms with van der Waals surface area (Å²) in [4.78, 5) is 24.8. The van der Waals surface area contributed by atoms with E-state index in [1.807, 2.05) is 36.4 Å². The van der Waals surface area contributed by atoms with Crippen LogP contribution in [0.5, 0.6) is 0 Å². The Balaban J connectivity index is 1.83. The molecule has 2 aromatic carbocycles. The van der Waals surface area contributed by atoms with Gasteiger partial charge in [-0.3, -0.25) is 4.79 Å². The molecule has 4 heteroatoms. The summed E-state index contributed by atoms with van der Waals surface area (Å²) in [6, 6.07) is 14.9. The van der Waals surface area contributed by atoms with Crippen LogP contribution in [0.15, 0.2) is 48.5 Å². The Hall–Kier alpha value is -2.62. The molecule has 0 unspecified atom stereocenters. The Kier molecular flexibility index (Phi) is 3.90. The molecule has 0 saturated carbocycles. The zero-order valence-corrected chi connectivity index (χ0v) is 13.3. The Morgan fingerprint density at radius 1 is 1.22 bits per heavy atom. The predicted octanol–water partition coefficient (Wildman–Crippen LogP) is 3.36. The number of aryl methyl sites for hydroxylation is 1. The number of hydrogen-bond acceptors (Lipinski definition) is 3. The summed E-state index contributed by atoms with van der Waals surface area (Å²) in [7, 11) is 0. The van der Waals surface area contributed by atoms with Crippen molar-refractivity contribution in [3.63, 3.8) is 0 Å². The third-order valence-corrected chi connectivity index (χ3v) is 4.16. The fourth-order valence-electron chi connectivity index (χ4n) is 2.79. The van der Waals surface area contributed by atoms with Gasteiger partial charge in [0.15, 0.2) is 5.60 Å². The van der Waals surface area contributed by atoms with E-state index in [0.29, 0.717) is 17.7 Å². The molecule has 3 rings (SSSR count). The fraction of sp³-hybridized carbons (Fsp3) is 0.263. The third kappa shape index (κ3) is 2.97. The Morgan fingerprint density at radius 2 is 2.00 bits per heavy atom. The second-order valence-electron chi connectivity index (χ2n) is 5.96. The molecule has 0 spiro atoms. The maximum absolute atomic E-state index is 12.7. The van der Waals surface area contributed by atoms with Crippen molar-refractivity contribution in [1.29, 1.82) is 0 Å². The highest BCUT2D eigenvalue weighted by molar-refractivity contribution is 6.02. The minimum absolute atomic E-state index is 0.311. The fourth-order valence-corrected chi connectivity index (χ4v) is 2.79. The number of carbonyl (C=O) groups is 2. The number of nitrogens with one attached hydrogen (secondary N) is 1. The van der Waals surface area contributed by atoms with Crippen LogP contribution < -0.4 is 5.32 Å². The lowest BCUT2D eigenvalue weighted by Gasteiger charge is -2.33. The number of carbonyl (C=O) groups excluding carboxylic acids is 2. The lowest BCUT2D eigenvalue weighted by Crippen LogP contribution is -2.48. The molecule has 118 valence electrons. The lowest BCUT2D eigenvalue weighted by molar-refractivity contribution is -0.134. The van der Waals surface area contributed by atoms with E-state index in [-0.39, 0.29) is 5.91 Å². The van der Waals surface area contributed by atoms with Gasteiger partial charge in [-0.05, 0) is 42.7 Å². The van der Waals surface area contributed by atoms with Crippen LogP contribution in [0.3, 0.4) is 0 Å². The molecular weight excluding hydrogens is 290 g/mol. The van der Waals surface area contributed by atoms with Gasteiger partial charge in [-0.1, -0.05) is 37.3 Å². The van der Waals surface area contributed by atoms with Crippen LogP contribution in [0.2, 0.25) is 0 Å². The maximum atomic E-state index is 12.7. The van der Waals surface area contributed by atoms with Gasteiger partial charge in [0.05, 0.1) is 5.56 Å². The van der Waals surface area contributed by atoms with Crippen molar-refractivity contribution in [3.8, 4) is 0 Å². The quantitative estimate of drug-likeness (QED) is 0.885. The number of esters is 1. The summed E-state index contributed by atoms with van der Waals surface area (Å²) >= 11 is 0. The van der Waals surface area contributed by atoms with Crippen molar-refractivity contribution < 1.29 is 14.3 Å². The van der Waals surface area contributed by atoms with Crippen molar-refractivity contribution in [2.24, 2.45) is 0 Å². The number of anilines is 1. The number of benzene rings is 2. The van der Waals surface area contributed by atoms with E-state index in [1.54, 1.807) is 19.1 Å². The number of amides is 1. The molecule has 1 N–H and O–H groups in total. The Morgan fingerprint density at radius 3 is 2.78 bits per heavy atom. The topological polar surface area (TPSA) is 55.4 Å². The number of ether oxygens (including phenoxy) is 1. The van der Waals surface area contributed by atoms with Gasteiger partial charge in [0.25, 0.3) is 5.91 Å². The predicted molar refractivity (Wildman–Crippen MR) is 88.4 cm³/mol. The molecule has 0 saturated heterocycles. The molecule has 0 aromatic heterocycles. The van der Waals surface area contributed by atoms with Crippen molar-refractivity contribution in [1.82, 2.24) is 0 Å². The number of rotatable bonds is 3. The number of fused-ring (bicyclic) bond motifs is 1. The summed E-state index contributed by atoms with van der Waals surface area (Å²) in [6.45, 7) is 3.71. The normalized spacial score (nSPS) is 19.7. The zero-order valence-electron chi connectivity index (χ0n) is 13.3. The minimum Gasteiger partial charge on any atom is -0.445 e. The van der Waals surface area contributed by atoms with Crippen molar-refractivity contribution in [2.75, 3.05) is 5.32 Å². The van der Waals surface area contributed by atoms with Gasteiger partial charge in [-0.25, -0.2) is 4.79 Å². The first-order chi connectivity index (χ1) is 11.0. The van der Waals surface area contributed by atoms with Crippen molar-refractivity contribution >= 4 is 17.6 Å². The van der Waals surface area contributed by atoms with Gasteiger partial charge in [0, 0.05) is 12.1 Å².